The minimum Gasteiger partial charge on any atom is -0.452 e. The maximum atomic E-state index is 13.5. The number of nitrogens with zero attached hydrogens (tertiary/aromatic N) is 2. The summed E-state index contributed by atoms with van der Waals surface area (Å²) < 4.78 is 19.1. The van der Waals surface area contributed by atoms with Crippen LogP contribution in [0.3, 0.4) is 0 Å². The molecule has 0 saturated carbocycles. The number of amides is 1. The van der Waals surface area contributed by atoms with E-state index in [0.29, 0.717) is 17.5 Å². The Morgan fingerprint density at radius 1 is 1.03 bits per heavy atom. The average Bonchev–Trinajstić information content (AvgIpc) is 2.87. The normalized spacial score (nSPS) is 20.9. The van der Waals surface area contributed by atoms with Crippen molar-refractivity contribution < 1.29 is 18.7 Å². The largest absolute Gasteiger partial charge is 0.452 e. The summed E-state index contributed by atoms with van der Waals surface area (Å²) in [5.41, 5.74) is 4.72. The van der Waals surface area contributed by atoms with Crippen LogP contribution in [0, 0.1) is 5.82 Å². The molecule has 0 unspecified atom stereocenters. The first-order valence-electron chi connectivity index (χ1n) is 12.8. The Morgan fingerprint density at radius 2 is 1.75 bits per heavy atom. The fourth-order valence-electron chi connectivity index (χ4n) is 5.66. The zero-order valence-corrected chi connectivity index (χ0v) is 20.8. The summed E-state index contributed by atoms with van der Waals surface area (Å²) in [6, 6.07) is 14.2. The number of fused-ring (bicyclic) bond motifs is 2. The van der Waals surface area contributed by atoms with Crippen molar-refractivity contribution in [2.45, 2.75) is 64.5 Å². The smallest absolute Gasteiger partial charge is 0.339 e. The van der Waals surface area contributed by atoms with Crippen molar-refractivity contribution in [3.63, 3.8) is 0 Å². The number of ether oxygens (including phenoxy) is 1. The van der Waals surface area contributed by atoms with E-state index in [0.717, 1.165) is 59.9 Å². The summed E-state index contributed by atoms with van der Waals surface area (Å²) in [6.07, 6.45) is 7.43. The standard InChI is InChI=1S/C30H31FN2O3/c1-19-7-5-8-20(2)33(19)27(34)18-36-30(35)28-24-10-3-4-12-26(24)32-29-22(9-6-11-25(28)29)17-21-13-15-23(31)16-14-21/h3-4,10,12-17,19-20H,5-9,11,18H2,1-2H3/b22-17-/t19-,20-/m1/s1. The number of halogens is 1. The fraction of sp³-hybridized carbons (Fsp3) is 0.367. The van der Waals surface area contributed by atoms with Gasteiger partial charge in [-0.05, 0) is 93.3 Å². The summed E-state index contributed by atoms with van der Waals surface area (Å²) in [5.74, 6) is -0.913. The first kappa shape index (κ1) is 24.2. The Morgan fingerprint density at radius 3 is 2.50 bits per heavy atom. The molecule has 1 aromatic heterocycles. The van der Waals surface area contributed by atoms with E-state index >= 15 is 0 Å². The highest BCUT2D eigenvalue weighted by molar-refractivity contribution is 6.07. The summed E-state index contributed by atoms with van der Waals surface area (Å²) >= 11 is 0. The van der Waals surface area contributed by atoms with Crippen LogP contribution in [-0.4, -0.2) is 40.5 Å². The zero-order chi connectivity index (χ0) is 25.2. The Labute approximate surface area is 211 Å². The first-order chi connectivity index (χ1) is 17.4. The van der Waals surface area contributed by atoms with Gasteiger partial charge in [0.05, 0.1) is 16.8 Å². The Bertz CT molecular complexity index is 1320. The maximum Gasteiger partial charge on any atom is 0.339 e. The van der Waals surface area contributed by atoms with Gasteiger partial charge < -0.3 is 9.64 Å². The lowest BCUT2D eigenvalue weighted by atomic mass is 9.86. The molecule has 1 amide bonds. The highest BCUT2D eigenvalue weighted by atomic mass is 19.1. The van der Waals surface area contributed by atoms with Gasteiger partial charge in [0.1, 0.15) is 5.82 Å². The van der Waals surface area contributed by atoms with Crippen LogP contribution in [-0.2, 0) is 16.0 Å². The minimum atomic E-state index is -0.487. The van der Waals surface area contributed by atoms with Gasteiger partial charge in [0.25, 0.3) is 5.91 Å². The molecule has 3 aromatic rings. The van der Waals surface area contributed by atoms with Gasteiger partial charge in [0.15, 0.2) is 6.61 Å². The second kappa shape index (κ2) is 10.2. The predicted octanol–water partition coefficient (Wildman–Crippen LogP) is 6.20. The third-order valence-corrected chi connectivity index (χ3v) is 7.39. The van der Waals surface area contributed by atoms with E-state index in [1.54, 1.807) is 12.1 Å². The topological polar surface area (TPSA) is 59.5 Å². The van der Waals surface area contributed by atoms with Gasteiger partial charge in [0.2, 0.25) is 0 Å². The fourth-order valence-corrected chi connectivity index (χ4v) is 5.66. The number of piperidine rings is 1. The van der Waals surface area contributed by atoms with Gasteiger partial charge in [-0.25, -0.2) is 14.2 Å². The van der Waals surface area contributed by atoms with E-state index in [-0.39, 0.29) is 30.4 Å². The molecule has 0 N–H and O–H groups in total. The number of carbonyl (C=O) groups excluding carboxylic acids is 2. The SMILES string of the molecule is C[C@@H]1CCC[C@@H](C)N1C(=O)COC(=O)c1c2c(nc3ccccc13)/C(=C\c1ccc(F)cc1)CCC2. The lowest BCUT2D eigenvalue weighted by Crippen LogP contribution is -2.49. The van der Waals surface area contributed by atoms with Gasteiger partial charge in [-0.2, -0.15) is 0 Å². The molecular formula is C30H31FN2O3. The molecule has 2 aliphatic rings. The van der Waals surface area contributed by atoms with Crippen molar-refractivity contribution in [3.8, 4) is 0 Å². The highest BCUT2D eigenvalue weighted by Crippen LogP contribution is 2.36. The Kier molecular flexibility index (Phi) is 6.86. The molecule has 2 atom stereocenters. The molecule has 186 valence electrons. The lowest BCUT2D eigenvalue weighted by molar-refractivity contribution is -0.140. The van der Waals surface area contributed by atoms with Crippen LogP contribution in [0.2, 0.25) is 0 Å². The molecule has 0 bridgehead atoms. The van der Waals surface area contributed by atoms with E-state index < -0.39 is 5.97 Å². The van der Waals surface area contributed by atoms with E-state index in [1.807, 2.05) is 35.2 Å². The van der Waals surface area contributed by atoms with Crippen molar-refractivity contribution in [3.05, 3.63) is 76.7 Å². The molecule has 0 radical (unpaired) electrons. The number of carbonyl (C=O) groups is 2. The molecule has 1 aliphatic carbocycles. The minimum absolute atomic E-state index is 0.146. The molecule has 36 heavy (non-hydrogen) atoms. The number of esters is 1. The predicted molar refractivity (Wildman–Crippen MR) is 139 cm³/mol. The van der Waals surface area contributed by atoms with Crippen LogP contribution >= 0.6 is 0 Å². The summed E-state index contributed by atoms with van der Waals surface area (Å²) in [5, 5.41) is 0.733. The van der Waals surface area contributed by atoms with Crippen molar-refractivity contribution in [1.29, 1.82) is 0 Å². The molecule has 1 aliphatic heterocycles. The van der Waals surface area contributed by atoms with Crippen LogP contribution in [0.25, 0.3) is 22.6 Å². The maximum absolute atomic E-state index is 13.5. The van der Waals surface area contributed by atoms with E-state index in [1.165, 1.54) is 12.1 Å². The van der Waals surface area contributed by atoms with E-state index in [2.05, 4.69) is 13.8 Å². The van der Waals surface area contributed by atoms with Crippen LogP contribution in [0.15, 0.2) is 48.5 Å². The lowest BCUT2D eigenvalue weighted by Gasteiger charge is -2.38. The third-order valence-electron chi connectivity index (χ3n) is 7.39. The van der Waals surface area contributed by atoms with E-state index in [9.17, 15) is 14.0 Å². The van der Waals surface area contributed by atoms with Crippen LogP contribution in [0.5, 0.6) is 0 Å². The highest BCUT2D eigenvalue weighted by Gasteiger charge is 2.31. The molecular weight excluding hydrogens is 455 g/mol. The molecule has 0 spiro atoms. The monoisotopic (exact) mass is 486 g/mol. The van der Waals surface area contributed by atoms with Gasteiger partial charge in [-0.1, -0.05) is 30.3 Å². The van der Waals surface area contributed by atoms with Crippen molar-refractivity contribution >= 4 is 34.4 Å². The number of hydrogen-bond donors (Lipinski definition) is 0. The number of para-hydroxylation sites is 1. The molecule has 5 rings (SSSR count). The van der Waals surface area contributed by atoms with Crippen molar-refractivity contribution in [1.82, 2.24) is 9.88 Å². The molecule has 6 heteroatoms. The van der Waals surface area contributed by atoms with Gasteiger partial charge in [-0.15, -0.1) is 0 Å². The van der Waals surface area contributed by atoms with Crippen molar-refractivity contribution in [2.75, 3.05) is 6.61 Å². The molecule has 1 saturated heterocycles. The summed E-state index contributed by atoms with van der Waals surface area (Å²) in [4.78, 5) is 33.3. The zero-order valence-electron chi connectivity index (χ0n) is 20.8. The number of rotatable bonds is 4. The third kappa shape index (κ3) is 4.77. The molecule has 1 fully saturated rings. The van der Waals surface area contributed by atoms with Crippen LogP contribution in [0.1, 0.15) is 73.1 Å². The van der Waals surface area contributed by atoms with Gasteiger partial charge in [-0.3, -0.25) is 4.79 Å². The average molecular weight is 487 g/mol. The summed E-state index contributed by atoms with van der Waals surface area (Å²) in [6.45, 7) is 3.84. The number of aromatic nitrogens is 1. The second-order valence-corrected chi connectivity index (χ2v) is 9.91. The number of hydrogen-bond acceptors (Lipinski definition) is 4. The second-order valence-electron chi connectivity index (χ2n) is 9.91. The Balaban J connectivity index is 1.48. The molecule has 2 aromatic carbocycles. The number of allylic oxidation sites excluding steroid dienone is 1. The number of likely N-dealkylation sites (tertiary alicyclic amines) is 1. The quantitative estimate of drug-likeness (QED) is 0.412. The number of pyridine rings is 1. The van der Waals surface area contributed by atoms with Gasteiger partial charge >= 0.3 is 5.97 Å². The Hall–Kier alpha value is -3.54. The van der Waals surface area contributed by atoms with Crippen LogP contribution < -0.4 is 0 Å². The molecule has 5 nitrogen and oxygen atoms in total. The van der Waals surface area contributed by atoms with Crippen LogP contribution in [0.4, 0.5) is 4.39 Å². The number of benzene rings is 2. The van der Waals surface area contributed by atoms with Gasteiger partial charge in [0, 0.05) is 17.5 Å². The van der Waals surface area contributed by atoms with E-state index in [4.69, 9.17) is 9.72 Å². The molecule has 2 heterocycles. The van der Waals surface area contributed by atoms with Crippen molar-refractivity contribution in [2.24, 2.45) is 0 Å². The first-order valence-corrected chi connectivity index (χ1v) is 12.8. The summed E-state index contributed by atoms with van der Waals surface area (Å²) in [7, 11) is 0.